The molecule has 2 aromatic heterocycles. The van der Waals surface area contributed by atoms with Crippen LogP contribution in [0, 0.1) is 0 Å². The number of carbonyl (C=O) groups is 1. The van der Waals surface area contributed by atoms with Gasteiger partial charge >= 0.3 is 6.03 Å². The summed E-state index contributed by atoms with van der Waals surface area (Å²) in [5.41, 5.74) is 0. The molecule has 120 valence electrons. The van der Waals surface area contributed by atoms with Crippen LogP contribution in [0.15, 0.2) is 22.8 Å². The van der Waals surface area contributed by atoms with Crippen LogP contribution < -0.4 is 5.32 Å². The third kappa shape index (κ3) is 3.13. The number of hydrogen-bond donors (Lipinski definition) is 1. The number of carbonyl (C=O) groups excluding carboxylic acids is 1. The van der Waals surface area contributed by atoms with E-state index in [0.717, 1.165) is 31.4 Å². The third-order valence-electron chi connectivity index (χ3n) is 4.03. The lowest BCUT2D eigenvalue weighted by molar-refractivity contribution is -0.238. The molecule has 2 aliphatic heterocycles. The number of fused-ring (bicyclic) bond motifs is 3. The minimum Gasteiger partial charge on any atom is -0.465 e. The highest BCUT2D eigenvalue weighted by Gasteiger charge is 2.38. The van der Waals surface area contributed by atoms with E-state index in [1.54, 1.807) is 18.4 Å². The molecule has 2 amide bonds. The van der Waals surface area contributed by atoms with Crippen molar-refractivity contribution in [2.24, 2.45) is 0 Å². The summed E-state index contributed by atoms with van der Waals surface area (Å²) in [6.45, 7) is 0. The van der Waals surface area contributed by atoms with Gasteiger partial charge in [0, 0.05) is 0 Å². The fraction of sp³-hybridized carbons (Fsp3) is 0.400. The summed E-state index contributed by atoms with van der Waals surface area (Å²) in [5.74, 6) is 0.739. The van der Waals surface area contributed by atoms with E-state index in [4.69, 9.17) is 9.25 Å². The van der Waals surface area contributed by atoms with Crippen LogP contribution in [0.3, 0.4) is 0 Å². The fourth-order valence-electron chi connectivity index (χ4n) is 2.88. The molecule has 1 saturated carbocycles. The largest absolute Gasteiger partial charge is 0.465 e. The SMILES string of the molecule is O=C(Nc1nnc(/C=C/c2ccco2)s1)N1OC2CCC1CC2. The lowest BCUT2D eigenvalue weighted by atomic mass is 9.91. The number of anilines is 1. The summed E-state index contributed by atoms with van der Waals surface area (Å²) in [5, 5.41) is 13.4. The topological polar surface area (TPSA) is 80.5 Å². The maximum absolute atomic E-state index is 12.3. The molecule has 8 heteroatoms. The minimum atomic E-state index is -0.267. The van der Waals surface area contributed by atoms with Crippen molar-refractivity contribution in [3.63, 3.8) is 0 Å². The zero-order valence-electron chi connectivity index (χ0n) is 12.3. The monoisotopic (exact) mass is 332 g/mol. The second kappa shape index (κ2) is 6.13. The van der Waals surface area contributed by atoms with Gasteiger partial charge in [-0.05, 0) is 50.0 Å². The van der Waals surface area contributed by atoms with E-state index >= 15 is 0 Å². The van der Waals surface area contributed by atoms with Crippen LogP contribution in [0.5, 0.6) is 0 Å². The minimum absolute atomic E-state index is 0.172. The summed E-state index contributed by atoms with van der Waals surface area (Å²) in [4.78, 5) is 18.0. The second-order valence-electron chi connectivity index (χ2n) is 5.59. The van der Waals surface area contributed by atoms with E-state index in [1.165, 1.54) is 16.4 Å². The number of rotatable bonds is 3. The molecule has 0 aromatic carbocycles. The Balaban J connectivity index is 1.38. The average Bonchev–Trinajstić information content (AvgIpc) is 3.25. The highest BCUT2D eigenvalue weighted by atomic mass is 32.1. The molecule has 1 aliphatic carbocycles. The highest BCUT2D eigenvalue weighted by Crippen LogP contribution is 2.33. The molecule has 23 heavy (non-hydrogen) atoms. The number of aromatic nitrogens is 2. The van der Waals surface area contributed by atoms with Crippen LogP contribution in [0.4, 0.5) is 9.93 Å². The molecule has 0 unspecified atom stereocenters. The van der Waals surface area contributed by atoms with E-state index in [1.807, 2.05) is 12.1 Å². The van der Waals surface area contributed by atoms with Crippen LogP contribution in [0.2, 0.25) is 0 Å². The molecule has 0 spiro atoms. The smallest absolute Gasteiger partial charge is 0.347 e. The maximum atomic E-state index is 12.3. The molecule has 2 bridgehead atoms. The van der Waals surface area contributed by atoms with Crippen molar-refractivity contribution in [3.8, 4) is 0 Å². The van der Waals surface area contributed by atoms with Gasteiger partial charge in [-0.25, -0.2) is 4.79 Å². The Morgan fingerprint density at radius 2 is 2.17 bits per heavy atom. The maximum Gasteiger partial charge on any atom is 0.347 e. The quantitative estimate of drug-likeness (QED) is 0.932. The predicted octanol–water partition coefficient (Wildman–Crippen LogP) is 3.39. The molecule has 5 rings (SSSR count). The molecule has 3 aliphatic rings. The number of nitrogens with one attached hydrogen (secondary N) is 1. The van der Waals surface area contributed by atoms with Crippen molar-refractivity contribution < 1.29 is 14.0 Å². The molecule has 1 N–H and O–H groups in total. The predicted molar refractivity (Wildman–Crippen MR) is 85.5 cm³/mol. The Labute approximate surface area is 136 Å². The van der Waals surface area contributed by atoms with Crippen LogP contribution >= 0.6 is 11.3 Å². The summed E-state index contributed by atoms with van der Waals surface area (Å²) >= 11 is 1.30. The van der Waals surface area contributed by atoms with Gasteiger partial charge in [0.2, 0.25) is 5.13 Å². The van der Waals surface area contributed by atoms with Crippen molar-refractivity contribution in [1.29, 1.82) is 0 Å². The van der Waals surface area contributed by atoms with Gasteiger partial charge in [-0.1, -0.05) is 11.3 Å². The van der Waals surface area contributed by atoms with Crippen molar-refractivity contribution in [3.05, 3.63) is 29.2 Å². The summed E-state index contributed by atoms with van der Waals surface area (Å²) in [6.07, 6.45) is 9.47. The van der Waals surface area contributed by atoms with Gasteiger partial charge in [0.25, 0.3) is 0 Å². The number of hydroxylamine groups is 2. The Kier molecular flexibility index (Phi) is 3.84. The number of nitrogens with zero attached hydrogens (tertiary/aromatic N) is 3. The lowest BCUT2D eigenvalue weighted by Crippen LogP contribution is -2.52. The molecule has 0 radical (unpaired) electrons. The molecule has 0 atom stereocenters. The Hall–Kier alpha value is -2.19. The molecule has 2 saturated heterocycles. The summed E-state index contributed by atoms with van der Waals surface area (Å²) in [7, 11) is 0. The van der Waals surface area contributed by atoms with Crippen molar-refractivity contribution in [2.45, 2.75) is 37.8 Å². The van der Waals surface area contributed by atoms with Gasteiger partial charge in [0.05, 0.1) is 18.4 Å². The molecule has 7 nitrogen and oxygen atoms in total. The normalized spacial score (nSPS) is 23.6. The van der Waals surface area contributed by atoms with E-state index < -0.39 is 0 Å². The van der Waals surface area contributed by atoms with Gasteiger partial charge in [-0.3, -0.25) is 10.2 Å². The van der Waals surface area contributed by atoms with Crippen LogP contribution in [-0.2, 0) is 4.84 Å². The summed E-state index contributed by atoms with van der Waals surface area (Å²) < 4.78 is 5.21. The van der Waals surface area contributed by atoms with Gasteiger partial charge in [0.1, 0.15) is 10.8 Å². The van der Waals surface area contributed by atoms with Crippen molar-refractivity contribution in [1.82, 2.24) is 15.3 Å². The third-order valence-corrected chi connectivity index (χ3v) is 4.83. The van der Waals surface area contributed by atoms with Crippen LogP contribution in [0.1, 0.15) is 36.5 Å². The molecular weight excluding hydrogens is 316 g/mol. The van der Waals surface area contributed by atoms with Gasteiger partial charge in [-0.15, -0.1) is 10.2 Å². The zero-order chi connectivity index (χ0) is 15.6. The molecule has 4 heterocycles. The first kappa shape index (κ1) is 14.4. The Morgan fingerprint density at radius 1 is 1.30 bits per heavy atom. The van der Waals surface area contributed by atoms with Crippen molar-refractivity contribution in [2.75, 3.05) is 5.32 Å². The van der Waals surface area contributed by atoms with Gasteiger partial charge in [0.15, 0.2) is 0 Å². The Morgan fingerprint density at radius 3 is 2.87 bits per heavy atom. The standard InChI is InChI=1S/C15H16N4O3S/c20-15(19-10-3-5-12(22-19)6-4-10)16-14-18-17-13(23-14)8-7-11-2-1-9-21-11/h1-2,7-10,12H,3-6H2,(H,16,18,20)/b8-7+. The van der Waals surface area contributed by atoms with E-state index in [-0.39, 0.29) is 18.2 Å². The number of amides is 2. The first-order valence-electron chi connectivity index (χ1n) is 7.60. The molecule has 3 fully saturated rings. The Bertz CT molecular complexity index is 704. The average molecular weight is 332 g/mol. The summed E-state index contributed by atoms with van der Waals surface area (Å²) in [6, 6.07) is 3.57. The van der Waals surface area contributed by atoms with Gasteiger partial charge in [-0.2, -0.15) is 5.06 Å². The van der Waals surface area contributed by atoms with Crippen LogP contribution in [-0.4, -0.2) is 33.4 Å². The van der Waals surface area contributed by atoms with Crippen molar-refractivity contribution >= 4 is 34.7 Å². The van der Waals surface area contributed by atoms with E-state index in [2.05, 4.69) is 15.5 Å². The first-order valence-corrected chi connectivity index (χ1v) is 8.42. The van der Waals surface area contributed by atoms with E-state index in [9.17, 15) is 4.79 Å². The number of hydrogen-bond acceptors (Lipinski definition) is 6. The lowest BCUT2D eigenvalue weighted by Gasteiger charge is -2.43. The van der Waals surface area contributed by atoms with E-state index in [0.29, 0.717) is 10.1 Å². The number of urea groups is 1. The first-order chi connectivity index (χ1) is 11.3. The second-order valence-corrected chi connectivity index (χ2v) is 6.60. The zero-order valence-corrected chi connectivity index (χ0v) is 13.2. The molecular formula is C15H16N4O3S. The van der Waals surface area contributed by atoms with Crippen LogP contribution in [0.25, 0.3) is 12.2 Å². The fourth-order valence-corrected chi connectivity index (χ4v) is 3.52. The number of furan rings is 1. The molecule has 2 aromatic rings. The van der Waals surface area contributed by atoms with Gasteiger partial charge < -0.3 is 4.42 Å². The highest BCUT2D eigenvalue weighted by molar-refractivity contribution is 7.16.